The van der Waals surface area contributed by atoms with Crippen molar-refractivity contribution >= 4 is 20.0 Å². The van der Waals surface area contributed by atoms with Crippen molar-refractivity contribution in [1.29, 1.82) is 0 Å². The van der Waals surface area contributed by atoms with Crippen LogP contribution in [-0.2, 0) is 24.8 Å². The molecule has 2 fully saturated rings. The average molecular weight is 635 g/mol. The van der Waals surface area contributed by atoms with Gasteiger partial charge in [-0.05, 0) is 70.0 Å². The highest BCUT2D eigenvalue weighted by Crippen LogP contribution is 2.38. The molecule has 2 aliphatic heterocycles. The zero-order valence-corrected chi connectivity index (χ0v) is 26.1. The quantitative estimate of drug-likeness (QED) is 0.285. The number of aliphatic hydroxyl groups is 1. The van der Waals surface area contributed by atoms with Crippen molar-refractivity contribution in [3.63, 3.8) is 0 Å². The highest BCUT2D eigenvalue weighted by Gasteiger charge is 2.44. The van der Waals surface area contributed by atoms with Gasteiger partial charge in [-0.25, -0.2) is 21.6 Å². The minimum absolute atomic E-state index is 0.00800. The Balaban J connectivity index is 1.11. The topological polar surface area (TPSA) is 160 Å². The SMILES string of the molecule is CNS(=O)(=O)c1cccc(OC[C@@H](O)CNC2COC3(CCN(S(=O)(=O)c4cccc(-c5c(C)noc5C)c4)CC3)C2)c1. The number of benzene rings is 2. The molecule has 0 bridgehead atoms. The Morgan fingerprint density at radius 2 is 1.81 bits per heavy atom. The summed E-state index contributed by atoms with van der Waals surface area (Å²) in [5.74, 6) is 0.983. The van der Waals surface area contributed by atoms with E-state index >= 15 is 0 Å². The first-order chi connectivity index (χ1) is 20.4. The van der Waals surface area contributed by atoms with E-state index in [1.54, 1.807) is 37.3 Å². The van der Waals surface area contributed by atoms with Gasteiger partial charge in [0.15, 0.2) is 0 Å². The average Bonchev–Trinajstić information content (AvgIpc) is 3.56. The zero-order valence-electron chi connectivity index (χ0n) is 24.4. The van der Waals surface area contributed by atoms with Gasteiger partial charge in [-0.2, -0.15) is 4.31 Å². The van der Waals surface area contributed by atoms with Crippen LogP contribution < -0.4 is 14.8 Å². The van der Waals surface area contributed by atoms with Crippen molar-refractivity contribution in [3.05, 3.63) is 60.0 Å². The number of aliphatic hydroxyl groups excluding tert-OH is 1. The molecule has 12 nitrogen and oxygen atoms in total. The van der Waals surface area contributed by atoms with Gasteiger partial charge in [0.25, 0.3) is 0 Å². The first-order valence-corrected chi connectivity index (χ1v) is 17.1. The fourth-order valence-corrected chi connectivity index (χ4v) is 7.97. The van der Waals surface area contributed by atoms with Crippen LogP contribution in [0.3, 0.4) is 0 Å². The summed E-state index contributed by atoms with van der Waals surface area (Å²) >= 11 is 0. The summed E-state index contributed by atoms with van der Waals surface area (Å²) in [6.45, 7) is 5.05. The van der Waals surface area contributed by atoms with E-state index in [9.17, 15) is 21.9 Å². The molecule has 234 valence electrons. The molecule has 5 rings (SSSR count). The molecule has 0 amide bonds. The van der Waals surface area contributed by atoms with Crippen LogP contribution in [0, 0.1) is 13.8 Å². The summed E-state index contributed by atoms with van der Waals surface area (Å²) in [6.07, 6.45) is 1.03. The van der Waals surface area contributed by atoms with Gasteiger partial charge >= 0.3 is 0 Å². The lowest BCUT2D eigenvalue weighted by atomic mass is 9.88. The van der Waals surface area contributed by atoms with E-state index in [1.807, 2.05) is 13.0 Å². The summed E-state index contributed by atoms with van der Waals surface area (Å²) in [4.78, 5) is 0.317. The molecule has 43 heavy (non-hydrogen) atoms. The molecule has 2 aromatic carbocycles. The highest BCUT2D eigenvalue weighted by atomic mass is 32.2. The van der Waals surface area contributed by atoms with Crippen molar-refractivity contribution < 1.29 is 35.9 Å². The highest BCUT2D eigenvalue weighted by molar-refractivity contribution is 7.89. The molecule has 3 heterocycles. The lowest BCUT2D eigenvalue weighted by molar-refractivity contribution is -0.0312. The monoisotopic (exact) mass is 634 g/mol. The van der Waals surface area contributed by atoms with E-state index in [0.29, 0.717) is 56.2 Å². The van der Waals surface area contributed by atoms with Crippen molar-refractivity contribution in [2.75, 3.05) is 39.9 Å². The number of rotatable bonds is 11. The van der Waals surface area contributed by atoms with Crippen LogP contribution in [0.25, 0.3) is 11.1 Å². The van der Waals surface area contributed by atoms with Gasteiger partial charge in [-0.3, -0.25) is 0 Å². The normalized spacial score (nSPS) is 20.0. The molecule has 0 aliphatic carbocycles. The molecule has 2 aliphatic rings. The number of hydrogen-bond donors (Lipinski definition) is 3. The van der Waals surface area contributed by atoms with Crippen LogP contribution in [0.15, 0.2) is 62.8 Å². The predicted octanol–water partition coefficient (Wildman–Crippen LogP) is 2.21. The van der Waals surface area contributed by atoms with Crippen molar-refractivity contribution in [1.82, 2.24) is 19.5 Å². The molecular formula is C29H38N4O8S2. The number of piperidine rings is 1. The van der Waals surface area contributed by atoms with Crippen LogP contribution in [0.5, 0.6) is 5.75 Å². The zero-order chi connectivity index (χ0) is 30.8. The molecule has 3 N–H and O–H groups in total. The van der Waals surface area contributed by atoms with E-state index in [4.69, 9.17) is 14.0 Å². The van der Waals surface area contributed by atoms with Crippen molar-refractivity contribution in [2.45, 2.75) is 60.6 Å². The fraction of sp³-hybridized carbons (Fsp3) is 0.483. The van der Waals surface area contributed by atoms with Gasteiger partial charge in [0, 0.05) is 37.3 Å². The van der Waals surface area contributed by atoms with E-state index in [-0.39, 0.29) is 29.0 Å². The number of ether oxygens (including phenoxy) is 2. The molecule has 1 unspecified atom stereocenters. The second kappa shape index (κ2) is 12.6. The Kier molecular flexibility index (Phi) is 9.28. The van der Waals surface area contributed by atoms with Gasteiger partial charge < -0.3 is 24.4 Å². The molecule has 2 atom stereocenters. The van der Waals surface area contributed by atoms with Crippen molar-refractivity contribution in [2.24, 2.45) is 0 Å². The van der Waals surface area contributed by atoms with Crippen LogP contribution in [0.4, 0.5) is 0 Å². The third kappa shape index (κ3) is 6.95. The van der Waals surface area contributed by atoms with Gasteiger partial charge in [0.1, 0.15) is 24.2 Å². The minimum atomic E-state index is -3.70. The lowest BCUT2D eigenvalue weighted by Crippen LogP contribution is -2.47. The molecule has 0 saturated carbocycles. The maximum absolute atomic E-state index is 13.5. The number of sulfonamides is 2. The smallest absolute Gasteiger partial charge is 0.243 e. The maximum Gasteiger partial charge on any atom is 0.243 e. The molecule has 1 aromatic heterocycles. The predicted molar refractivity (Wildman–Crippen MR) is 159 cm³/mol. The van der Waals surface area contributed by atoms with Crippen LogP contribution in [0.2, 0.25) is 0 Å². The van der Waals surface area contributed by atoms with E-state index in [0.717, 1.165) is 11.1 Å². The van der Waals surface area contributed by atoms with E-state index in [2.05, 4.69) is 15.2 Å². The summed E-state index contributed by atoms with van der Waals surface area (Å²) in [5, 5.41) is 17.8. The minimum Gasteiger partial charge on any atom is -0.491 e. The largest absolute Gasteiger partial charge is 0.491 e. The number of aromatic nitrogens is 1. The van der Waals surface area contributed by atoms with Crippen LogP contribution in [0.1, 0.15) is 30.7 Å². The van der Waals surface area contributed by atoms with Gasteiger partial charge in [-0.1, -0.05) is 23.4 Å². The maximum atomic E-state index is 13.5. The number of nitrogens with one attached hydrogen (secondary N) is 2. The second-order valence-electron chi connectivity index (χ2n) is 11.1. The molecule has 1 spiro atoms. The first kappa shape index (κ1) is 31.6. The Labute approximate surface area is 252 Å². The van der Waals surface area contributed by atoms with Crippen LogP contribution >= 0.6 is 0 Å². The Hall–Kier alpha value is -2.85. The molecule has 2 saturated heterocycles. The lowest BCUT2D eigenvalue weighted by Gasteiger charge is -2.38. The molecule has 3 aromatic rings. The Morgan fingerprint density at radius 3 is 2.51 bits per heavy atom. The van der Waals surface area contributed by atoms with Crippen LogP contribution in [-0.4, -0.2) is 89.0 Å². The molecule has 0 radical (unpaired) electrons. The Bertz CT molecular complexity index is 1630. The first-order valence-electron chi connectivity index (χ1n) is 14.2. The van der Waals surface area contributed by atoms with E-state index < -0.39 is 31.8 Å². The second-order valence-corrected chi connectivity index (χ2v) is 14.9. The van der Waals surface area contributed by atoms with Gasteiger partial charge in [-0.15, -0.1) is 0 Å². The summed E-state index contributed by atoms with van der Waals surface area (Å²) in [6, 6.07) is 13.0. The number of nitrogens with zero attached hydrogens (tertiary/aromatic N) is 2. The molecule has 14 heteroatoms. The Morgan fingerprint density at radius 1 is 1.09 bits per heavy atom. The van der Waals surface area contributed by atoms with Crippen molar-refractivity contribution in [3.8, 4) is 16.9 Å². The van der Waals surface area contributed by atoms with E-state index in [1.165, 1.54) is 23.5 Å². The molecular weight excluding hydrogens is 596 g/mol. The summed E-state index contributed by atoms with van der Waals surface area (Å²) in [5.41, 5.74) is 1.85. The standard InChI is InChI=1S/C29H38N4O8S2/c1-20-28(21(2)41-32-20)22-6-4-9-27(14-22)43(37,38)33-12-10-29(11-13-33)16-23(18-40-29)31-17-24(34)19-39-25-7-5-8-26(15-25)42(35,36)30-3/h4-9,14-15,23-24,30-31,34H,10-13,16-19H2,1-3H3/t23?,24-/m0/s1. The van der Waals surface area contributed by atoms with Gasteiger partial charge in [0.2, 0.25) is 20.0 Å². The third-order valence-corrected chi connectivity index (χ3v) is 11.4. The summed E-state index contributed by atoms with van der Waals surface area (Å²) < 4.78 is 71.9. The number of hydrogen-bond acceptors (Lipinski definition) is 10. The fourth-order valence-electron chi connectivity index (χ4n) is 5.72. The summed E-state index contributed by atoms with van der Waals surface area (Å²) in [7, 11) is -5.95. The third-order valence-electron chi connectivity index (χ3n) is 8.11. The van der Waals surface area contributed by atoms with Gasteiger partial charge in [0.05, 0.1) is 27.7 Å². The number of aryl methyl sites for hydroxylation is 2.